The Kier molecular flexibility index (Phi) is 4.13. The maximum atomic E-state index is 11.2. The Morgan fingerprint density at radius 2 is 2.33 bits per heavy atom. The van der Waals surface area contributed by atoms with Gasteiger partial charge in [0.25, 0.3) is 0 Å². The number of anilines is 1. The largest absolute Gasteiger partial charge is 0.324 e. The Hall–Kier alpha value is -1.05. The first-order valence-electron chi connectivity index (χ1n) is 4.17. The van der Waals surface area contributed by atoms with E-state index in [-0.39, 0.29) is 12.3 Å². The van der Waals surface area contributed by atoms with E-state index in [1.165, 1.54) is 0 Å². The zero-order valence-corrected chi connectivity index (χ0v) is 10.3. The van der Waals surface area contributed by atoms with Crippen LogP contribution < -0.4 is 5.32 Å². The fraction of sp³-hybridized carbons (Fsp3) is 0.200. The molecule has 0 spiro atoms. The van der Waals surface area contributed by atoms with Crippen molar-refractivity contribution in [2.24, 2.45) is 0 Å². The number of aryl methyl sites for hydroxylation is 1. The molecular formula is C10H8BrClN2O. The summed E-state index contributed by atoms with van der Waals surface area (Å²) >= 11 is 9.21. The summed E-state index contributed by atoms with van der Waals surface area (Å²) in [5, 5.41) is 11.5. The third-order valence-electron chi connectivity index (χ3n) is 1.76. The molecule has 1 amide bonds. The van der Waals surface area contributed by atoms with Gasteiger partial charge >= 0.3 is 0 Å². The molecule has 0 radical (unpaired) electrons. The van der Waals surface area contributed by atoms with Gasteiger partial charge in [-0.15, -0.1) is 0 Å². The van der Waals surface area contributed by atoms with E-state index in [4.69, 9.17) is 16.9 Å². The second kappa shape index (κ2) is 5.15. The molecule has 1 aromatic carbocycles. The molecule has 1 N–H and O–H groups in total. The van der Waals surface area contributed by atoms with Gasteiger partial charge in [-0.2, -0.15) is 5.26 Å². The van der Waals surface area contributed by atoms with Gasteiger partial charge in [0.1, 0.15) is 6.42 Å². The van der Waals surface area contributed by atoms with Crippen LogP contribution in [0.2, 0.25) is 5.02 Å². The van der Waals surface area contributed by atoms with Crippen LogP contribution in [0, 0.1) is 18.3 Å². The quantitative estimate of drug-likeness (QED) is 0.907. The van der Waals surface area contributed by atoms with Crippen LogP contribution in [0.1, 0.15) is 12.0 Å². The van der Waals surface area contributed by atoms with E-state index < -0.39 is 0 Å². The summed E-state index contributed by atoms with van der Waals surface area (Å²) in [5.74, 6) is -0.349. The second-order valence-electron chi connectivity index (χ2n) is 2.96. The van der Waals surface area contributed by atoms with Crippen LogP contribution in [0.4, 0.5) is 5.69 Å². The molecule has 1 rings (SSSR count). The fourth-order valence-corrected chi connectivity index (χ4v) is 1.73. The molecule has 0 heterocycles. The lowest BCUT2D eigenvalue weighted by Gasteiger charge is -2.07. The van der Waals surface area contributed by atoms with Gasteiger partial charge in [0, 0.05) is 9.50 Å². The minimum Gasteiger partial charge on any atom is -0.324 e. The van der Waals surface area contributed by atoms with Crippen molar-refractivity contribution in [3.63, 3.8) is 0 Å². The molecular weight excluding hydrogens is 279 g/mol. The van der Waals surface area contributed by atoms with Gasteiger partial charge in [0.05, 0.1) is 11.8 Å². The third kappa shape index (κ3) is 3.22. The number of rotatable bonds is 2. The highest BCUT2D eigenvalue weighted by atomic mass is 79.9. The SMILES string of the molecule is Cc1cc(Br)c(NC(=O)CC#N)cc1Cl. The predicted molar refractivity (Wildman–Crippen MR) is 62.7 cm³/mol. The Bertz CT molecular complexity index is 440. The van der Waals surface area contributed by atoms with Gasteiger partial charge in [0.2, 0.25) is 5.91 Å². The van der Waals surface area contributed by atoms with E-state index in [1.54, 1.807) is 12.1 Å². The molecule has 0 aromatic heterocycles. The number of benzene rings is 1. The van der Waals surface area contributed by atoms with Gasteiger partial charge < -0.3 is 5.32 Å². The maximum Gasteiger partial charge on any atom is 0.238 e. The summed E-state index contributed by atoms with van der Waals surface area (Å²) in [7, 11) is 0. The molecule has 5 heteroatoms. The van der Waals surface area contributed by atoms with Crippen molar-refractivity contribution in [2.75, 3.05) is 5.32 Å². The zero-order valence-electron chi connectivity index (χ0n) is 7.97. The van der Waals surface area contributed by atoms with Crippen molar-refractivity contribution in [1.82, 2.24) is 0 Å². The second-order valence-corrected chi connectivity index (χ2v) is 4.23. The average molecular weight is 288 g/mol. The van der Waals surface area contributed by atoms with E-state index in [0.29, 0.717) is 10.7 Å². The molecule has 1 aromatic rings. The topological polar surface area (TPSA) is 52.9 Å². The van der Waals surface area contributed by atoms with Crippen molar-refractivity contribution in [1.29, 1.82) is 5.26 Å². The number of nitrogens with zero attached hydrogens (tertiary/aromatic N) is 1. The van der Waals surface area contributed by atoms with Crippen molar-refractivity contribution < 1.29 is 4.79 Å². The van der Waals surface area contributed by atoms with Crippen LogP contribution in [-0.4, -0.2) is 5.91 Å². The molecule has 0 aliphatic heterocycles. The van der Waals surface area contributed by atoms with Gasteiger partial charge in [-0.3, -0.25) is 4.79 Å². The van der Waals surface area contributed by atoms with E-state index in [2.05, 4.69) is 21.2 Å². The molecule has 0 saturated heterocycles. The van der Waals surface area contributed by atoms with Crippen molar-refractivity contribution in [2.45, 2.75) is 13.3 Å². The minimum atomic E-state index is -0.349. The third-order valence-corrected chi connectivity index (χ3v) is 2.83. The van der Waals surface area contributed by atoms with Crippen LogP contribution in [0.15, 0.2) is 16.6 Å². The lowest BCUT2D eigenvalue weighted by Crippen LogP contribution is -2.10. The molecule has 15 heavy (non-hydrogen) atoms. The maximum absolute atomic E-state index is 11.2. The average Bonchev–Trinajstić information content (AvgIpc) is 2.14. The Labute approximate surface area is 101 Å². The summed E-state index contributed by atoms with van der Waals surface area (Å²) in [6, 6.07) is 5.23. The molecule has 3 nitrogen and oxygen atoms in total. The fourth-order valence-electron chi connectivity index (χ4n) is 1.01. The summed E-state index contributed by atoms with van der Waals surface area (Å²) in [6.45, 7) is 1.87. The summed E-state index contributed by atoms with van der Waals surface area (Å²) in [4.78, 5) is 11.2. The first-order chi connectivity index (χ1) is 7.04. The Balaban J connectivity index is 2.92. The van der Waals surface area contributed by atoms with E-state index >= 15 is 0 Å². The molecule has 0 atom stereocenters. The number of hydrogen-bond donors (Lipinski definition) is 1. The number of nitriles is 1. The molecule has 0 aliphatic rings. The first-order valence-corrected chi connectivity index (χ1v) is 5.34. The van der Waals surface area contributed by atoms with E-state index in [1.807, 2.05) is 13.0 Å². The molecule has 0 unspecified atom stereocenters. The Morgan fingerprint density at radius 3 is 2.93 bits per heavy atom. The summed E-state index contributed by atoms with van der Waals surface area (Å²) in [5.41, 5.74) is 1.49. The number of halogens is 2. The summed E-state index contributed by atoms with van der Waals surface area (Å²) in [6.07, 6.45) is -0.169. The number of hydrogen-bond acceptors (Lipinski definition) is 2. The smallest absolute Gasteiger partial charge is 0.238 e. The zero-order chi connectivity index (χ0) is 11.4. The van der Waals surface area contributed by atoms with Gasteiger partial charge in [-0.25, -0.2) is 0 Å². The highest BCUT2D eigenvalue weighted by Gasteiger charge is 2.07. The predicted octanol–water partition coefficient (Wildman–Crippen LogP) is 3.26. The van der Waals surface area contributed by atoms with Gasteiger partial charge in [0.15, 0.2) is 0 Å². The molecule has 78 valence electrons. The molecule has 0 aliphatic carbocycles. The number of nitrogens with one attached hydrogen (secondary N) is 1. The van der Waals surface area contributed by atoms with Crippen LogP contribution in [-0.2, 0) is 4.79 Å². The molecule has 0 bridgehead atoms. The van der Waals surface area contributed by atoms with Crippen molar-refractivity contribution >= 4 is 39.1 Å². The standard InChI is InChI=1S/C10H8BrClN2O/c1-6-4-7(11)9(5-8(6)12)14-10(15)2-3-13/h4-5H,2H2,1H3,(H,14,15). The van der Waals surface area contributed by atoms with Crippen LogP contribution in [0.3, 0.4) is 0 Å². The lowest BCUT2D eigenvalue weighted by atomic mass is 10.2. The highest BCUT2D eigenvalue weighted by Crippen LogP contribution is 2.29. The van der Waals surface area contributed by atoms with Crippen molar-refractivity contribution in [3.8, 4) is 6.07 Å². The molecule has 0 saturated carbocycles. The van der Waals surface area contributed by atoms with Crippen LogP contribution >= 0.6 is 27.5 Å². The van der Waals surface area contributed by atoms with E-state index in [0.717, 1.165) is 10.0 Å². The molecule has 0 fully saturated rings. The van der Waals surface area contributed by atoms with Crippen LogP contribution in [0.25, 0.3) is 0 Å². The van der Waals surface area contributed by atoms with Gasteiger partial charge in [-0.1, -0.05) is 11.6 Å². The number of amides is 1. The van der Waals surface area contributed by atoms with Gasteiger partial charge in [-0.05, 0) is 40.5 Å². The first kappa shape index (κ1) is 12.0. The van der Waals surface area contributed by atoms with E-state index in [9.17, 15) is 4.79 Å². The Morgan fingerprint density at radius 1 is 1.67 bits per heavy atom. The van der Waals surface area contributed by atoms with Crippen LogP contribution in [0.5, 0.6) is 0 Å². The number of carbonyl (C=O) groups excluding carboxylic acids is 1. The monoisotopic (exact) mass is 286 g/mol. The number of carbonyl (C=O) groups is 1. The minimum absolute atomic E-state index is 0.169. The normalized spacial score (nSPS) is 9.47. The highest BCUT2D eigenvalue weighted by molar-refractivity contribution is 9.10. The summed E-state index contributed by atoms with van der Waals surface area (Å²) < 4.78 is 0.746. The van der Waals surface area contributed by atoms with Crippen molar-refractivity contribution in [3.05, 3.63) is 27.2 Å². The lowest BCUT2D eigenvalue weighted by molar-refractivity contribution is -0.115.